The van der Waals surface area contributed by atoms with Gasteiger partial charge in [-0.05, 0) is 60.4 Å². The fourth-order valence-electron chi connectivity index (χ4n) is 5.32. The van der Waals surface area contributed by atoms with Gasteiger partial charge in [0.05, 0.1) is 30.6 Å². The van der Waals surface area contributed by atoms with Gasteiger partial charge >= 0.3 is 0 Å². The maximum atomic E-state index is 13.9. The van der Waals surface area contributed by atoms with Crippen molar-refractivity contribution in [3.8, 4) is 16.8 Å². The fraction of sp³-hybridized carbons (Fsp3) is 0.333. The predicted molar refractivity (Wildman–Crippen MR) is 138 cm³/mol. The van der Waals surface area contributed by atoms with Gasteiger partial charge < -0.3 is 9.30 Å². The highest BCUT2D eigenvalue weighted by Gasteiger charge is 2.29. The predicted octanol–water partition coefficient (Wildman–Crippen LogP) is 4.50. The lowest BCUT2D eigenvalue weighted by molar-refractivity contribution is 0.0843. The van der Waals surface area contributed by atoms with Gasteiger partial charge in [-0.15, -0.1) is 0 Å². The van der Waals surface area contributed by atoms with Crippen LogP contribution in [-0.4, -0.2) is 54.2 Å². The fourth-order valence-corrected chi connectivity index (χ4v) is 5.84. The summed E-state index contributed by atoms with van der Waals surface area (Å²) in [4.78, 5) is 4.46. The van der Waals surface area contributed by atoms with Crippen LogP contribution in [0.2, 0.25) is 0 Å². The topological polar surface area (TPSA) is 78.5 Å². The van der Waals surface area contributed by atoms with Crippen molar-refractivity contribution in [3.05, 3.63) is 71.4 Å². The van der Waals surface area contributed by atoms with E-state index in [9.17, 15) is 12.8 Å². The number of nitrogens with zero attached hydrogens (tertiary/aromatic N) is 4. The van der Waals surface area contributed by atoms with E-state index in [-0.39, 0.29) is 17.5 Å². The standard InChI is InChI=1S/C27H27FN4O3S/c1-36(33,34)11-8-31-17-21(16-30-31)26-24-12-19-14-29-15-20(19)13-25(24)32(23-4-2-22(28)3-5-23)27(26)18-6-9-35-10-7-18/h2-5,12-13,15-18H,6-11,14H2,1H3. The molecule has 2 aromatic carbocycles. The number of aliphatic imine (C=N–C) groups is 1. The second kappa shape index (κ2) is 8.97. The van der Waals surface area contributed by atoms with Crippen molar-refractivity contribution >= 4 is 27.0 Å². The van der Waals surface area contributed by atoms with Crippen LogP contribution in [0.5, 0.6) is 0 Å². The van der Waals surface area contributed by atoms with Crippen molar-refractivity contribution in [3.63, 3.8) is 0 Å². The lowest BCUT2D eigenvalue weighted by Gasteiger charge is -2.25. The first-order valence-corrected chi connectivity index (χ1v) is 14.2. The van der Waals surface area contributed by atoms with Crippen LogP contribution < -0.4 is 0 Å². The van der Waals surface area contributed by atoms with Crippen LogP contribution in [-0.2, 0) is 27.7 Å². The van der Waals surface area contributed by atoms with Crippen LogP contribution in [0.1, 0.15) is 35.6 Å². The van der Waals surface area contributed by atoms with Gasteiger partial charge in [0.2, 0.25) is 0 Å². The number of rotatable bonds is 6. The third-order valence-corrected chi connectivity index (χ3v) is 7.99. The van der Waals surface area contributed by atoms with Crippen molar-refractivity contribution in [1.82, 2.24) is 14.3 Å². The number of ether oxygens (including phenoxy) is 1. The highest BCUT2D eigenvalue weighted by molar-refractivity contribution is 7.90. The normalized spacial score (nSPS) is 16.2. The van der Waals surface area contributed by atoms with Crippen molar-refractivity contribution in [2.75, 3.05) is 25.2 Å². The molecule has 1 fully saturated rings. The van der Waals surface area contributed by atoms with Crippen molar-refractivity contribution < 1.29 is 17.5 Å². The van der Waals surface area contributed by atoms with Crippen LogP contribution in [0.15, 0.2) is 53.8 Å². The number of aryl methyl sites for hydroxylation is 1. The molecule has 1 saturated heterocycles. The molecule has 4 aromatic rings. The Bertz CT molecular complexity index is 1580. The van der Waals surface area contributed by atoms with Gasteiger partial charge in [-0.2, -0.15) is 5.10 Å². The largest absolute Gasteiger partial charge is 0.381 e. The zero-order valence-corrected chi connectivity index (χ0v) is 20.8. The molecule has 0 bridgehead atoms. The quantitative estimate of drug-likeness (QED) is 0.386. The maximum Gasteiger partial charge on any atom is 0.149 e. The minimum absolute atomic E-state index is 0.0309. The smallest absolute Gasteiger partial charge is 0.149 e. The van der Waals surface area contributed by atoms with Crippen molar-refractivity contribution in [1.29, 1.82) is 0 Å². The molecule has 0 atom stereocenters. The molecular formula is C27H27FN4O3S. The summed E-state index contributed by atoms with van der Waals surface area (Å²) in [6.07, 6.45) is 8.66. The second-order valence-corrected chi connectivity index (χ2v) is 11.9. The first kappa shape index (κ1) is 23.1. The number of fused-ring (bicyclic) bond motifs is 2. The molecule has 2 aromatic heterocycles. The molecule has 9 heteroatoms. The van der Waals surface area contributed by atoms with E-state index in [2.05, 4.69) is 26.8 Å². The Morgan fingerprint density at radius 2 is 1.92 bits per heavy atom. The van der Waals surface area contributed by atoms with Gasteiger partial charge in [-0.1, -0.05) is 0 Å². The Hall–Kier alpha value is -3.30. The Morgan fingerprint density at radius 1 is 1.14 bits per heavy atom. The van der Waals surface area contributed by atoms with E-state index in [0.717, 1.165) is 51.8 Å². The van der Waals surface area contributed by atoms with E-state index < -0.39 is 9.84 Å². The number of aromatic nitrogens is 3. The zero-order valence-electron chi connectivity index (χ0n) is 20.0. The average molecular weight is 507 g/mol. The van der Waals surface area contributed by atoms with Crippen LogP contribution in [0.3, 0.4) is 0 Å². The third kappa shape index (κ3) is 4.26. The molecule has 36 heavy (non-hydrogen) atoms. The lowest BCUT2D eigenvalue weighted by atomic mass is 9.90. The van der Waals surface area contributed by atoms with Crippen LogP contribution in [0, 0.1) is 5.82 Å². The molecule has 0 aliphatic carbocycles. The first-order valence-electron chi connectivity index (χ1n) is 12.1. The van der Waals surface area contributed by atoms with Gasteiger partial charge in [0, 0.05) is 65.7 Å². The Morgan fingerprint density at radius 3 is 2.67 bits per heavy atom. The highest BCUT2D eigenvalue weighted by Crippen LogP contribution is 2.44. The summed E-state index contributed by atoms with van der Waals surface area (Å²) < 4.78 is 46.9. The number of hydrogen-bond donors (Lipinski definition) is 0. The molecule has 0 spiro atoms. The molecular weight excluding hydrogens is 479 g/mol. The number of halogens is 1. The Balaban J connectivity index is 1.60. The SMILES string of the molecule is CS(=O)(=O)CCn1cc(-c2c(C3CCOCC3)n(-c3ccc(F)cc3)c3cc4c(cc23)CN=C4)cn1. The summed E-state index contributed by atoms with van der Waals surface area (Å²) in [5.41, 5.74) is 7.38. The molecule has 0 amide bonds. The molecule has 7 nitrogen and oxygen atoms in total. The number of benzene rings is 2. The van der Waals surface area contributed by atoms with Gasteiger partial charge in [-0.3, -0.25) is 9.67 Å². The molecule has 2 aliphatic heterocycles. The minimum atomic E-state index is -3.10. The molecule has 0 radical (unpaired) electrons. The maximum absolute atomic E-state index is 13.9. The molecule has 4 heterocycles. The molecule has 6 rings (SSSR count). The number of sulfone groups is 1. The summed E-state index contributed by atoms with van der Waals surface area (Å²) in [6, 6.07) is 11.0. The molecule has 0 unspecified atom stereocenters. The number of hydrogen-bond acceptors (Lipinski definition) is 5. The summed E-state index contributed by atoms with van der Waals surface area (Å²) >= 11 is 0. The molecule has 186 valence electrons. The van der Waals surface area contributed by atoms with Crippen molar-refractivity contribution in [2.45, 2.75) is 31.8 Å². The molecule has 0 saturated carbocycles. The van der Waals surface area contributed by atoms with Crippen LogP contribution in [0.25, 0.3) is 27.7 Å². The summed E-state index contributed by atoms with van der Waals surface area (Å²) in [6.45, 7) is 2.32. The second-order valence-electron chi connectivity index (χ2n) is 9.62. The minimum Gasteiger partial charge on any atom is -0.381 e. The van der Waals surface area contributed by atoms with Gasteiger partial charge in [0.1, 0.15) is 15.7 Å². The van der Waals surface area contributed by atoms with E-state index in [1.165, 1.54) is 24.0 Å². The van der Waals surface area contributed by atoms with Gasteiger partial charge in [0.15, 0.2) is 0 Å². The van der Waals surface area contributed by atoms with E-state index in [0.29, 0.717) is 26.3 Å². The zero-order chi connectivity index (χ0) is 24.9. The van der Waals surface area contributed by atoms with E-state index in [4.69, 9.17) is 4.74 Å². The summed E-state index contributed by atoms with van der Waals surface area (Å²) in [5.74, 6) is 0.000611. The Kier molecular flexibility index (Phi) is 5.76. The average Bonchev–Trinajstić information content (AvgIpc) is 3.59. The molecule has 2 aliphatic rings. The van der Waals surface area contributed by atoms with Gasteiger partial charge in [0.25, 0.3) is 0 Å². The molecule has 0 N–H and O–H groups in total. The summed E-state index contributed by atoms with van der Waals surface area (Å²) in [7, 11) is -3.10. The van der Waals surface area contributed by atoms with Crippen LogP contribution >= 0.6 is 0 Å². The lowest BCUT2D eigenvalue weighted by Crippen LogP contribution is -2.17. The van der Waals surface area contributed by atoms with E-state index in [1.54, 1.807) is 4.68 Å². The Labute approximate surface area is 209 Å². The highest BCUT2D eigenvalue weighted by atomic mass is 32.2. The van der Waals surface area contributed by atoms with Gasteiger partial charge in [-0.25, -0.2) is 12.8 Å². The third-order valence-electron chi connectivity index (χ3n) is 7.06. The van der Waals surface area contributed by atoms with Crippen LogP contribution in [0.4, 0.5) is 4.39 Å². The van der Waals surface area contributed by atoms with E-state index in [1.807, 2.05) is 30.7 Å². The first-order chi connectivity index (χ1) is 17.4. The monoisotopic (exact) mass is 506 g/mol. The summed E-state index contributed by atoms with van der Waals surface area (Å²) in [5, 5.41) is 5.59. The van der Waals surface area contributed by atoms with E-state index >= 15 is 0 Å². The van der Waals surface area contributed by atoms with Crippen molar-refractivity contribution in [2.24, 2.45) is 4.99 Å².